The van der Waals surface area contributed by atoms with E-state index in [9.17, 15) is 39.3 Å². The Morgan fingerprint density at radius 1 is 0.624 bits per heavy atom. The number of alkyl carbamates (subject to hydrolysis) is 1. The number of benzene rings is 6. The number of Topliss-reactive ketones (excluding diaryl/α,β-unsaturated/α-hetero) is 2. The molecule has 1 aliphatic carbocycles. The van der Waals surface area contributed by atoms with Gasteiger partial charge in [-0.2, -0.15) is 0 Å². The van der Waals surface area contributed by atoms with Gasteiger partial charge in [-0.25, -0.2) is 4.79 Å². The highest BCUT2D eigenvalue weighted by Crippen LogP contribution is 2.48. The van der Waals surface area contributed by atoms with Crippen molar-refractivity contribution < 1.29 is 63.2 Å². The van der Waals surface area contributed by atoms with Gasteiger partial charge in [0.2, 0.25) is 35.4 Å². The van der Waals surface area contributed by atoms with Gasteiger partial charge in [0.15, 0.2) is 11.6 Å². The predicted molar refractivity (Wildman–Crippen MR) is 432 cm³/mol. The van der Waals surface area contributed by atoms with Gasteiger partial charge >= 0.3 is 6.09 Å². The molecule has 8 rings (SSSR count). The lowest BCUT2D eigenvalue weighted by Crippen LogP contribution is -2.62. The Bertz CT molecular complexity index is 3870. The van der Waals surface area contributed by atoms with Crippen molar-refractivity contribution in [3.8, 4) is 5.75 Å². The molecule has 1 heterocycles. The van der Waals surface area contributed by atoms with E-state index in [1.807, 2.05) is 115 Å². The molecule has 0 radical (unpaired) electrons. The number of ketones is 2. The molecule has 0 spiro atoms. The number of hydrogen-bond acceptors (Lipinski definition) is 17. The van der Waals surface area contributed by atoms with E-state index in [-0.39, 0.29) is 68.7 Å². The van der Waals surface area contributed by atoms with Crippen LogP contribution in [0.15, 0.2) is 176 Å². The van der Waals surface area contributed by atoms with Crippen LogP contribution in [0.1, 0.15) is 158 Å². The van der Waals surface area contributed by atoms with Gasteiger partial charge in [0.05, 0.1) is 29.0 Å². The number of nitrogens with one attached hydrogen (secondary N) is 8. The molecule has 2 aliphatic rings. The van der Waals surface area contributed by atoms with Crippen LogP contribution < -0.4 is 42.5 Å². The Morgan fingerprint density at radius 3 is 1.84 bits per heavy atom. The Labute approximate surface area is 653 Å². The van der Waals surface area contributed by atoms with Crippen LogP contribution in [0.25, 0.3) is 5.57 Å². The normalized spacial score (nSPS) is 19.6. The van der Waals surface area contributed by atoms with E-state index in [0.717, 1.165) is 86.2 Å². The summed E-state index contributed by atoms with van der Waals surface area (Å²) in [7, 11) is 2.12. The van der Waals surface area contributed by atoms with Gasteiger partial charge in [0.1, 0.15) is 41.6 Å². The van der Waals surface area contributed by atoms with Crippen molar-refractivity contribution in [1.29, 1.82) is 0 Å². The number of phenolic OH excluding ortho intramolecular Hbond substituents is 1. The number of allylic oxidation sites excluding steroid dienone is 1. The van der Waals surface area contributed by atoms with Gasteiger partial charge in [-0.05, 0) is 155 Å². The molecule has 1 aliphatic heterocycles. The van der Waals surface area contributed by atoms with Crippen molar-refractivity contribution in [2.75, 3.05) is 30.3 Å². The Balaban J connectivity index is 1.15. The zero-order valence-corrected chi connectivity index (χ0v) is 65.8. The largest absolute Gasteiger partial charge is 0.508 e. The summed E-state index contributed by atoms with van der Waals surface area (Å²) in [5, 5.41) is 56.1. The molecule has 10 atom stereocenters. The molecular weight excluding hydrogens is 1440 g/mol. The van der Waals surface area contributed by atoms with Crippen LogP contribution in [0.3, 0.4) is 0 Å². The maximum Gasteiger partial charge on any atom is 0.407 e. The van der Waals surface area contributed by atoms with Crippen LogP contribution in [-0.4, -0.2) is 159 Å². The first kappa shape index (κ1) is 85.8. The van der Waals surface area contributed by atoms with E-state index < -0.39 is 130 Å². The van der Waals surface area contributed by atoms with E-state index in [0.29, 0.717) is 37.1 Å². The fraction of sp³-hybridized carbons (Fsp3) is 0.447. The first-order valence-electron chi connectivity index (χ1n) is 38.0. The lowest BCUT2D eigenvalue weighted by atomic mass is 9.84. The minimum Gasteiger partial charge on any atom is -0.508 e. The Morgan fingerprint density at radius 2 is 1.22 bits per heavy atom. The molecule has 1 fully saturated rings. The summed E-state index contributed by atoms with van der Waals surface area (Å²) < 4.78 is 4.82. The van der Waals surface area contributed by atoms with Gasteiger partial charge in [-0.15, -0.1) is 11.8 Å². The number of phenols is 1. The van der Waals surface area contributed by atoms with E-state index >= 15 is 19.2 Å². The van der Waals surface area contributed by atoms with Crippen molar-refractivity contribution in [2.24, 2.45) is 5.92 Å². The number of ether oxygens (including phenoxy) is 1. The molecular formula is C85H108N8O13S3. The highest BCUT2D eigenvalue weighted by molar-refractivity contribution is 8.76. The quantitative estimate of drug-likeness (QED) is 0.0104. The van der Waals surface area contributed by atoms with E-state index in [1.54, 1.807) is 44.7 Å². The Hall–Kier alpha value is -8.78. The van der Waals surface area contributed by atoms with Crippen LogP contribution >= 0.6 is 33.3 Å². The zero-order chi connectivity index (χ0) is 78.3. The number of aliphatic hydroxyl groups excluding tert-OH is 2. The number of thioether (sulfide) groups is 1. The lowest BCUT2D eigenvalue weighted by molar-refractivity contribution is -0.137. The molecule has 24 heteroatoms. The summed E-state index contributed by atoms with van der Waals surface area (Å²) in [6, 6.07) is 44.5. The summed E-state index contributed by atoms with van der Waals surface area (Å²) in [4.78, 5) is 133. The molecule has 0 unspecified atom stereocenters. The number of hydrogen-bond donors (Lipinski definition) is 11. The first-order valence-corrected chi connectivity index (χ1v) is 41.5. The highest BCUT2D eigenvalue weighted by atomic mass is 33.1. The molecule has 0 aromatic heterocycles. The standard InChI is InChI=1S/C85H108N8O13S3/c1-7-8-9-10-23-40-73(97)75(56(2)94)92-81(103)72-55-109-108-54-71(90-79(101)69(51-58-29-15-11-16-30-58)86-48-28-49-107-85(63-32-17-12-18-33-63,64-34-19-13-20-35-64)65-36-21-14-22-37-65)74(98)53-62(50-59-41-45-66(96)46-42-59)77(99)89-70(52-61-44-43-60-31-24-25-38-67(60)61)80(102)88-68(78(100)93-76(57(3)95)82(104)91-72)39-26-27-47-87-83(105)106-84(4,5)6/h11-22,24-25,29-38,41-42,44-46,56-57,62,68-72,75-76,86,94-96H,7-10,23,26-28,39-40,43,47-55H2,1-6H3,(H,87,105)(H,88,102)(H,89,99)(H,90,101)(H,91,104)(H,92,103)(H,93,100)/t56-,57-,62-,68+,69-,70-,71+,72+,75+,76+/m1/s1. The van der Waals surface area contributed by atoms with Crippen molar-refractivity contribution in [2.45, 2.75) is 203 Å². The van der Waals surface area contributed by atoms with Crippen LogP contribution in [-0.2, 0) is 67.1 Å². The van der Waals surface area contributed by atoms with Crippen molar-refractivity contribution >= 4 is 92.0 Å². The molecule has 11 N–H and O–H groups in total. The maximum atomic E-state index is 15.7. The average Bonchev–Trinajstić information content (AvgIpc) is 1.22. The maximum absolute atomic E-state index is 15.7. The fourth-order valence-electron chi connectivity index (χ4n) is 13.4. The second-order valence-electron chi connectivity index (χ2n) is 29.0. The topological polar surface area (TPSA) is 320 Å². The summed E-state index contributed by atoms with van der Waals surface area (Å²) in [5.41, 5.74) is 6.46. The van der Waals surface area contributed by atoms with Crippen LogP contribution in [0, 0.1) is 5.92 Å². The summed E-state index contributed by atoms with van der Waals surface area (Å²) in [5.74, 6) is -6.92. The number of carbonyl (C=O) groups is 9. The van der Waals surface area contributed by atoms with Crippen molar-refractivity contribution in [1.82, 2.24) is 42.5 Å². The van der Waals surface area contributed by atoms with E-state index in [1.165, 1.54) is 26.0 Å². The summed E-state index contributed by atoms with van der Waals surface area (Å²) >= 11 is 1.79. The van der Waals surface area contributed by atoms with E-state index in [2.05, 4.69) is 85.9 Å². The average molecular weight is 1550 g/mol. The number of carbonyl (C=O) groups excluding carboxylic acids is 9. The van der Waals surface area contributed by atoms with Gasteiger partial charge < -0.3 is 62.6 Å². The SMILES string of the molecule is CCCCCCCC(=O)[C@@H](NC(=O)[C@@H]1CSSC[C@H](NC(=O)[C@@H](Cc2ccccc2)NCCCSC(c2ccccc2)(c2ccccc2)c2ccccc2)C(=O)C[C@@H](Cc2ccc(O)cc2)C(=O)N[C@H](CC2=CCc3ccccc32)C(=O)N[C@@H](CCCCNC(=O)OC(C)(C)C)C(=O)N[C@@H]([C@@H](C)O)C(=O)N1)[C@@H](C)O. The minimum atomic E-state index is -1.77. The molecule has 6 aromatic rings. The van der Waals surface area contributed by atoms with Gasteiger partial charge in [-0.3, -0.25) is 38.4 Å². The van der Waals surface area contributed by atoms with Gasteiger partial charge in [0, 0.05) is 43.2 Å². The van der Waals surface area contributed by atoms with E-state index in [4.69, 9.17) is 4.74 Å². The van der Waals surface area contributed by atoms with Crippen molar-refractivity contribution in [3.05, 3.63) is 215 Å². The predicted octanol–water partition coefficient (Wildman–Crippen LogP) is 10.5. The van der Waals surface area contributed by atoms with Crippen LogP contribution in [0.4, 0.5) is 4.79 Å². The van der Waals surface area contributed by atoms with Crippen LogP contribution in [0.2, 0.25) is 0 Å². The smallest absolute Gasteiger partial charge is 0.407 e. The summed E-state index contributed by atoms with van der Waals surface area (Å²) in [6.45, 7) is 10.4. The van der Waals surface area contributed by atoms with Crippen molar-refractivity contribution in [3.63, 3.8) is 0 Å². The van der Waals surface area contributed by atoms with Gasteiger partial charge in [-0.1, -0.05) is 218 Å². The number of fused-ring (bicyclic) bond motifs is 1. The molecule has 7 amide bonds. The second-order valence-corrected chi connectivity index (χ2v) is 32.9. The van der Waals surface area contributed by atoms with Gasteiger partial charge in [0.25, 0.3) is 0 Å². The second kappa shape index (κ2) is 43.6. The molecule has 109 heavy (non-hydrogen) atoms. The minimum absolute atomic E-state index is 0.0434. The fourth-order valence-corrected chi connectivity index (χ4v) is 17.3. The Kier molecular flexibility index (Phi) is 34.3. The molecule has 0 saturated carbocycles. The number of aliphatic hydroxyl groups is 2. The number of rotatable bonds is 33. The molecule has 0 bridgehead atoms. The zero-order valence-electron chi connectivity index (χ0n) is 63.3. The third-order valence-electron chi connectivity index (χ3n) is 19.2. The third kappa shape index (κ3) is 26.8. The van der Waals surface area contributed by atoms with Crippen LogP contribution in [0.5, 0.6) is 5.75 Å². The molecule has 584 valence electrons. The first-order chi connectivity index (χ1) is 52.4. The highest BCUT2D eigenvalue weighted by Gasteiger charge is 2.40. The monoisotopic (exact) mass is 1540 g/mol. The summed E-state index contributed by atoms with van der Waals surface area (Å²) in [6.07, 6.45) is 3.57. The number of amides is 7. The lowest BCUT2D eigenvalue weighted by Gasteiger charge is -2.35. The number of aromatic hydroxyl groups is 1. The molecule has 1 saturated heterocycles. The molecule has 21 nitrogen and oxygen atoms in total. The number of unbranched alkanes of at least 4 members (excludes halogenated alkanes) is 5. The third-order valence-corrected chi connectivity index (χ3v) is 23.3. The molecule has 6 aromatic carbocycles.